The molecular weight excluding hydrogens is 292 g/mol. The molecule has 0 amide bonds. The molecule has 1 aromatic carbocycles. The van der Waals surface area contributed by atoms with Crippen LogP contribution in [-0.2, 0) is 21.2 Å². The van der Waals surface area contributed by atoms with Gasteiger partial charge in [0, 0.05) is 19.1 Å². The van der Waals surface area contributed by atoms with Crippen molar-refractivity contribution in [2.75, 3.05) is 20.1 Å². The van der Waals surface area contributed by atoms with Crippen molar-refractivity contribution in [3.8, 4) is 0 Å². The van der Waals surface area contributed by atoms with Crippen molar-refractivity contribution in [2.45, 2.75) is 30.2 Å². The Kier molecular flexibility index (Phi) is 4.97. The van der Waals surface area contributed by atoms with Crippen LogP contribution in [0.25, 0.3) is 0 Å². The number of nitrogens with zero attached hydrogens (tertiary/aromatic N) is 1. The zero-order valence-electron chi connectivity index (χ0n) is 11.9. The van der Waals surface area contributed by atoms with Crippen LogP contribution in [0.5, 0.6) is 0 Å². The number of hydrogen-bond acceptors (Lipinski definition) is 4. The number of hydrogen-bond donors (Lipinski definition) is 2. The number of rotatable bonds is 8. The largest absolute Gasteiger partial charge is 0.481 e. The van der Waals surface area contributed by atoms with Gasteiger partial charge >= 0.3 is 5.97 Å². The van der Waals surface area contributed by atoms with Gasteiger partial charge in [0.2, 0.25) is 10.0 Å². The number of aliphatic carboxylic acids is 1. The zero-order valence-corrected chi connectivity index (χ0v) is 12.8. The summed E-state index contributed by atoms with van der Waals surface area (Å²) in [6.45, 7) is 1.05. The fraction of sp³-hybridized carbons (Fsp3) is 0.500. The monoisotopic (exact) mass is 312 g/mol. The van der Waals surface area contributed by atoms with E-state index in [0.29, 0.717) is 24.7 Å². The third-order valence-electron chi connectivity index (χ3n) is 3.52. The molecule has 0 unspecified atom stereocenters. The van der Waals surface area contributed by atoms with Crippen LogP contribution in [0.2, 0.25) is 0 Å². The van der Waals surface area contributed by atoms with Gasteiger partial charge in [0.1, 0.15) is 0 Å². The van der Waals surface area contributed by atoms with Gasteiger partial charge in [-0.25, -0.2) is 13.1 Å². The summed E-state index contributed by atoms with van der Waals surface area (Å²) in [4.78, 5) is 12.9. The fourth-order valence-corrected chi connectivity index (χ4v) is 3.12. The molecule has 1 aliphatic carbocycles. The molecule has 1 aromatic rings. The summed E-state index contributed by atoms with van der Waals surface area (Å²) in [7, 11) is -1.54. The van der Waals surface area contributed by atoms with Gasteiger partial charge < -0.3 is 10.0 Å². The zero-order chi connectivity index (χ0) is 15.5. The van der Waals surface area contributed by atoms with E-state index >= 15 is 0 Å². The van der Waals surface area contributed by atoms with Gasteiger partial charge in [-0.3, -0.25) is 4.79 Å². The first kappa shape index (κ1) is 15.9. The first-order valence-corrected chi connectivity index (χ1v) is 8.37. The third kappa shape index (κ3) is 4.80. The van der Waals surface area contributed by atoms with Crippen molar-refractivity contribution in [1.82, 2.24) is 9.62 Å². The van der Waals surface area contributed by atoms with Crippen LogP contribution in [0.15, 0.2) is 29.2 Å². The molecule has 0 aliphatic heterocycles. The molecule has 2 rings (SSSR count). The molecule has 1 aliphatic rings. The summed E-state index contributed by atoms with van der Waals surface area (Å²) < 4.78 is 26.7. The number of likely N-dealkylation sites (N-methyl/N-ethyl adjacent to an activating group) is 1. The predicted molar refractivity (Wildman–Crippen MR) is 78.6 cm³/mol. The van der Waals surface area contributed by atoms with E-state index in [1.54, 1.807) is 0 Å². The highest BCUT2D eigenvalue weighted by Gasteiger charge is 2.25. The van der Waals surface area contributed by atoms with Crippen LogP contribution in [0.4, 0.5) is 0 Å². The average Bonchev–Trinajstić information content (AvgIpc) is 3.22. The lowest BCUT2D eigenvalue weighted by molar-refractivity contribution is -0.136. The van der Waals surface area contributed by atoms with E-state index in [-0.39, 0.29) is 11.3 Å². The Morgan fingerprint density at radius 3 is 2.48 bits per heavy atom. The maximum Gasteiger partial charge on any atom is 0.307 e. The smallest absolute Gasteiger partial charge is 0.307 e. The van der Waals surface area contributed by atoms with Crippen molar-refractivity contribution in [2.24, 2.45) is 0 Å². The van der Waals surface area contributed by atoms with Crippen LogP contribution >= 0.6 is 0 Å². The lowest BCUT2D eigenvalue weighted by Crippen LogP contribution is -2.33. The quantitative estimate of drug-likeness (QED) is 0.737. The van der Waals surface area contributed by atoms with E-state index in [1.165, 1.54) is 37.1 Å². The Bertz CT molecular complexity index is 594. The molecule has 0 spiro atoms. The molecule has 0 saturated heterocycles. The maximum atomic E-state index is 12.1. The highest BCUT2D eigenvalue weighted by atomic mass is 32.2. The Hall–Kier alpha value is -1.44. The highest BCUT2D eigenvalue weighted by molar-refractivity contribution is 7.89. The molecule has 0 heterocycles. The van der Waals surface area contributed by atoms with E-state index in [9.17, 15) is 13.2 Å². The van der Waals surface area contributed by atoms with Gasteiger partial charge in [-0.1, -0.05) is 12.1 Å². The summed E-state index contributed by atoms with van der Waals surface area (Å²) >= 11 is 0. The molecule has 2 N–H and O–H groups in total. The van der Waals surface area contributed by atoms with E-state index < -0.39 is 16.0 Å². The van der Waals surface area contributed by atoms with E-state index in [2.05, 4.69) is 9.62 Å². The van der Waals surface area contributed by atoms with Gasteiger partial charge in [0.05, 0.1) is 11.3 Å². The Morgan fingerprint density at radius 1 is 1.33 bits per heavy atom. The van der Waals surface area contributed by atoms with E-state index in [4.69, 9.17) is 5.11 Å². The van der Waals surface area contributed by atoms with Gasteiger partial charge in [0.25, 0.3) is 0 Å². The summed E-state index contributed by atoms with van der Waals surface area (Å²) in [5.74, 6) is -0.938. The van der Waals surface area contributed by atoms with Crippen molar-refractivity contribution in [3.05, 3.63) is 29.8 Å². The number of carboxylic acids is 1. The molecule has 0 bridgehead atoms. The summed E-state index contributed by atoms with van der Waals surface area (Å²) in [5.41, 5.74) is 0.579. The fourth-order valence-electron chi connectivity index (χ4n) is 2.10. The SMILES string of the molecule is CN(CCNS(=O)(=O)c1ccc(CC(=O)O)cc1)C1CC1. The number of sulfonamides is 1. The molecule has 1 fully saturated rings. The molecule has 1 saturated carbocycles. The Balaban J connectivity index is 1.90. The van der Waals surface area contributed by atoms with Crippen LogP contribution < -0.4 is 4.72 Å². The van der Waals surface area contributed by atoms with Crippen molar-refractivity contribution < 1.29 is 18.3 Å². The Labute approximate surface area is 124 Å². The minimum absolute atomic E-state index is 0.111. The van der Waals surface area contributed by atoms with E-state index in [0.717, 1.165) is 0 Å². The van der Waals surface area contributed by atoms with Gasteiger partial charge in [-0.15, -0.1) is 0 Å². The molecular formula is C14H20N2O4S. The number of nitrogens with one attached hydrogen (secondary N) is 1. The highest BCUT2D eigenvalue weighted by Crippen LogP contribution is 2.24. The second kappa shape index (κ2) is 6.55. The lowest BCUT2D eigenvalue weighted by atomic mass is 10.2. The average molecular weight is 312 g/mol. The Morgan fingerprint density at radius 2 is 1.95 bits per heavy atom. The number of carboxylic acid groups (broad SMARTS) is 1. The summed E-state index contributed by atoms with van der Waals surface area (Å²) in [6, 6.07) is 6.53. The molecule has 6 nitrogen and oxygen atoms in total. The van der Waals surface area contributed by atoms with Crippen molar-refractivity contribution in [3.63, 3.8) is 0 Å². The third-order valence-corrected chi connectivity index (χ3v) is 4.99. The molecule has 21 heavy (non-hydrogen) atoms. The molecule has 7 heteroatoms. The first-order chi connectivity index (χ1) is 9.88. The van der Waals surface area contributed by atoms with E-state index in [1.807, 2.05) is 7.05 Å². The minimum atomic E-state index is -3.53. The van der Waals surface area contributed by atoms with Crippen molar-refractivity contribution >= 4 is 16.0 Å². The molecule has 0 atom stereocenters. The minimum Gasteiger partial charge on any atom is -0.481 e. The maximum absolute atomic E-state index is 12.1. The second-order valence-corrected chi connectivity index (χ2v) is 7.09. The standard InChI is InChI=1S/C14H20N2O4S/c1-16(12-4-5-12)9-8-15-21(19,20)13-6-2-11(3-7-13)10-14(17)18/h2-3,6-7,12,15H,4-5,8-10H2,1H3,(H,17,18). The second-order valence-electron chi connectivity index (χ2n) is 5.32. The predicted octanol–water partition coefficient (Wildman–Crippen LogP) is 0.686. The molecule has 116 valence electrons. The number of carbonyl (C=O) groups is 1. The van der Waals surface area contributed by atoms with Crippen LogP contribution in [0, 0.1) is 0 Å². The number of benzene rings is 1. The van der Waals surface area contributed by atoms with Crippen LogP contribution in [0.3, 0.4) is 0 Å². The van der Waals surface area contributed by atoms with Gasteiger partial charge in [-0.05, 0) is 37.6 Å². The van der Waals surface area contributed by atoms with Gasteiger partial charge in [0.15, 0.2) is 0 Å². The van der Waals surface area contributed by atoms with Crippen molar-refractivity contribution in [1.29, 1.82) is 0 Å². The first-order valence-electron chi connectivity index (χ1n) is 6.89. The summed E-state index contributed by atoms with van der Waals surface area (Å²) in [6.07, 6.45) is 2.27. The summed E-state index contributed by atoms with van der Waals surface area (Å²) in [5, 5.41) is 8.68. The van der Waals surface area contributed by atoms with Gasteiger partial charge in [-0.2, -0.15) is 0 Å². The van der Waals surface area contributed by atoms with Crippen LogP contribution in [-0.4, -0.2) is 50.6 Å². The molecule has 0 radical (unpaired) electrons. The normalized spacial score (nSPS) is 15.3. The topological polar surface area (TPSA) is 86.7 Å². The van der Waals surface area contributed by atoms with Crippen LogP contribution in [0.1, 0.15) is 18.4 Å². The molecule has 0 aromatic heterocycles. The lowest BCUT2D eigenvalue weighted by Gasteiger charge is -2.15.